The molecule has 1 saturated heterocycles. The molecule has 0 spiro atoms. The van der Waals surface area contributed by atoms with Crippen LogP contribution in [-0.2, 0) is 0 Å². The smallest absolute Gasteiger partial charge is 0.295 e. The maximum Gasteiger partial charge on any atom is 0.295 e. The van der Waals surface area contributed by atoms with Gasteiger partial charge in [-0.3, -0.25) is 10.1 Å². The molecule has 0 amide bonds. The maximum atomic E-state index is 13.2. The van der Waals surface area contributed by atoms with Crippen LogP contribution in [0.4, 0.5) is 15.8 Å². The number of nitro benzene ring substituents is 1. The molecule has 2 rings (SSSR count). The quantitative estimate of drug-likeness (QED) is 0.656. The van der Waals surface area contributed by atoms with Crippen molar-refractivity contribution < 1.29 is 9.31 Å². The predicted molar refractivity (Wildman–Crippen MR) is 67.6 cm³/mol. The first-order valence-electron chi connectivity index (χ1n) is 5.68. The lowest BCUT2D eigenvalue weighted by Gasteiger charge is -2.24. The van der Waals surface area contributed by atoms with Gasteiger partial charge in [0.25, 0.3) is 5.69 Å². The first-order chi connectivity index (χ1) is 8.58. The van der Waals surface area contributed by atoms with Crippen LogP contribution in [0.5, 0.6) is 0 Å². The Labute approximate surface area is 108 Å². The van der Waals surface area contributed by atoms with Gasteiger partial charge in [-0.2, -0.15) is 0 Å². The molecular formula is C11H13ClFN3O2. The molecule has 1 fully saturated rings. The molecule has 1 aliphatic rings. The van der Waals surface area contributed by atoms with Crippen molar-refractivity contribution in [2.75, 3.05) is 18.4 Å². The monoisotopic (exact) mass is 273 g/mol. The molecule has 7 heteroatoms. The molecular weight excluding hydrogens is 261 g/mol. The highest BCUT2D eigenvalue weighted by molar-refractivity contribution is 6.31. The Morgan fingerprint density at radius 2 is 2.11 bits per heavy atom. The largest absolute Gasteiger partial charge is 0.377 e. The molecule has 18 heavy (non-hydrogen) atoms. The van der Waals surface area contributed by atoms with E-state index in [0.29, 0.717) is 0 Å². The molecule has 1 aromatic carbocycles. The van der Waals surface area contributed by atoms with E-state index in [-0.39, 0.29) is 22.4 Å². The summed E-state index contributed by atoms with van der Waals surface area (Å²) in [5.74, 6) is -0.778. The number of hydrogen-bond acceptors (Lipinski definition) is 4. The van der Waals surface area contributed by atoms with Gasteiger partial charge in [0.05, 0.1) is 16.0 Å². The van der Waals surface area contributed by atoms with E-state index in [4.69, 9.17) is 11.6 Å². The molecule has 0 unspecified atom stereocenters. The van der Waals surface area contributed by atoms with Crippen molar-refractivity contribution in [2.24, 2.45) is 0 Å². The first-order valence-corrected chi connectivity index (χ1v) is 6.06. The number of rotatable bonds is 3. The van der Waals surface area contributed by atoms with Crippen LogP contribution in [0.2, 0.25) is 5.02 Å². The van der Waals surface area contributed by atoms with Crippen LogP contribution in [0.1, 0.15) is 12.8 Å². The molecule has 0 radical (unpaired) electrons. The van der Waals surface area contributed by atoms with Crippen molar-refractivity contribution in [1.29, 1.82) is 0 Å². The molecule has 0 saturated carbocycles. The zero-order chi connectivity index (χ0) is 13.1. The van der Waals surface area contributed by atoms with Crippen molar-refractivity contribution in [3.63, 3.8) is 0 Å². The third kappa shape index (κ3) is 2.88. The van der Waals surface area contributed by atoms with Crippen LogP contribution < -0.4 is 10.6 Å². The van der Waals surface area contributed by atoms with Gasteiger partial charge in [0, 0.05) is 6.04 Å². The highest BCUT2D eigenvalue weighted by atomic mass is 35.5. The van der Waals surface area contributed by atoms with E-state index in [1.54, 1.807) is 0 Å². The van der Waals surface area contributed by atoms with E-state index >= 15 is 0 Å². The van der Waals surface area contributed by atoms with Gasteiger partial charge in [0.1, 0.15) is 11.5 Å². The number of piperidine rings is 1. The topological polar surface area (TPSA) is 67.2 Å². The zero-order valence-corrected chi connectivity index (χ0v) is 10.3. The summed E-state index contributed by atoms with van der Waals surface area (Å²) in [6.07, 6.45) is 1.73. The number of halogens is 2. The second-order valence-corrected chi connectivity index (χ2v) is 4.62. The van der Waals surface area contributed by atoms with Gasteiger partial charge in [-0.1, -0.05) is 11.6 Å². The minimum absolute atomic E-state index is 0.114. The van der Waals surface area contributed by atoms with Crippen molar-refractivity contribution in [3.8, 4) is 0 Å². The van der Waals surface area contributed by atoms with Crippen LogP contribution >= 0.6 is 11.6 Å². The standard InChI is InChI=1S/C11H13ClFN3O2/c12-8-5-10(11(16(17)18)6-9(8)13)15-7-1-3-14-4-2-7/h5-7,14-15H,1-4H2. The molecule has 0 atom stereocenters. The van der Waals surface area contributed by atoms with Gasteiger partial charge >= 0.3 is 0 Å². The lowest BCUT2D eigenvalue weighted by atomic mass is 10.1. The van der Waals surface area contributed by atoms with Gasteiger partial charge in [-0.25, -0.2) is 4.39 Å². The van der Waals surface area contributed by atoms with Crippen LogP contribution in [0, 0.1) is 15.9 Å². The zero-order valence-electron chi connectivity index (χ0n) is 9.58. The Hall–Kier alpha value is -1.40. The molecule has 0 aromatic heterocycles. The number of nitro groups is 1. The van der Waals surface area contributed by atoms with Crippen molar-refractivity contribution in [2.45, 2.75) is 18.9 Å². The van der Waals surface area contributed by atoms with Gasteiger partial charge in [0.15, 0.2) is 0 Å². The van der Waals surface area contributed by atoms with Crippen LogP contribution in [0.3, 0.4) is 0 Å². The van der Waals surface area contributed by atoms with E-state index in [0.717, 1.165) is 32.0 Å². The summed E-state index contributed by atoms with van der Waals surface area (Å²) in [6.45, 7) is 1.72. The second kappa shape index (κ2) is 5.49. The number of benzene rings is 1. The third-order valence-corrected chi connectivity index (χ3v) is 3.22. The summed E-state index contributed by atoms with van der Waals surface area (Å²) in [5.41, 5.74) is -0.00580. The van der Waals surface area contributed by atoms with E-state index in [1.807, 2.05) is 0 Å². The number of anilines is 1. The van der Waals surface area contributed by atoms with Crippen molar-refractivity contribution in [1.82, 2.24) is 5.32 Å². The Morgan fingerprint density at radius 3 is 2.72 bits per heavy atom. The summed E-state index contributed by atoms with van der Waals surface area (Å²) >= 11 is 5.66. The van der Waals surface area contributed by atoms with Crippen molar-refractivity contribution in [3.05, 3.63) is 33.1 Å². The van der Waals surface area contributed by atoms with E-state index in [1.165, 1.54) is 6.07 Å². The normalized spacial score (nSPS) is 16.6. The van der Waals surface area contributed by atoms with Crippen LogP contribution in [-0.4, -0.2) is 24.1 Å². The molecule has 5 nitrogen and oxygen atoms in total. The SMILES string of the molecule is O=[N+]([O-])c1cc(F)c(Cl)cc1NC1CCNCC1. The van der Waals surface area contributed by atoms with Gasteiger partial charge in [-0.15, -0.1) is 0 Å². The highest BCUT2D eigenvalue weighted by Crippen LogP contribution is 2.31. The van der Waals surface area contributed by atoms with E-state index in [9.17, 15) is 14.5 Å². The summed E-state index contributed by atoms with van der Waals surface area (Å²) in [5, 5.41) is 17.0. The number of nitrogens with zero attached hydrogens (tertiary/aromatic N) is 1. The Kier molecular flexibility index (Phi) is 3.98. The Morgan fingerprint density at radius 1 is 1.44 bits per heavy atom. The van der Waals surface area contributed by atoms with Gasteiger partial charge < -0.3 is 10.6 Å². The average Bonchev–Trinajstić information content (AvgIpc) is 2.34. The summed E-state index contributed by atoms with van der Waals surface area (Å²) in [4.78, 5) is 10.3. The number of nitrogens with one attached hydrogen (secondary N) is 2. The highest BCUT2D eigenvalue weighted by Gasteiger charge is 2.21. The molecule has 1 heterocycles. The Bertz CT molecular complexity index is 464. The summed E-state index contributed by atoms with van der Waals surface area (Å²) in [7, 11) is 0. The van der Waals surface area contributed by atoms with Gasteiger partial charge in [0.2, 0.25) is 0 Å². The lowest BCUT2D eigenvalue weighted by Crippen LogP contribution is -2.35. The van der Waals surface area contributed by atoms with Crippen molar-refractivity contribution >= 4 is 23.0 Å². The summed E-state index contributed by atoms with van der Waals surface area (Å²) < 4.78 is 13.2. The maximum absolute atomic E-state index is 13.2. The van der Waals surface area contributed by atoms with Gasteiger partial charge in [-0.05, 0) is 32.0 Å². The molecule has 0 bridgehead atoms. The van der Waals surface area contributed by atoms with E-state index < -0.39 is 10.7 Å². The third-order valence-electron chi connectivity index (χ3n) is 2.93. The molecule has 1 aliphatic heterocycles. The lowest BCUT2D eigenvalue weighted by molar-refractivity contribution is -0.384. The molecule has 1 aromatic rings. The average molecular weight is 274 g/mol. The fraction of sp³-hybridized carbons (Fsp3) is 0.455. The minimum Gasteiger partial charge on any atom is -0.377 e. The minimum atomic E-state index is -0.778. The molecule has 2 N–H and O–H groups in total. The number of hydrogen-bond donors (Lipinski definition) is 2. The van der Waals surface area contributed by atoms with Crippen LogP contribution in [0.15, 0.2) is 12.1 Å². The molecule has 0 aliphatic carbocycles. The second-order valence-electron chi connectivity index (χ2n) is 4.21. The van der Waals surface area contributed by atoms with E-state index in [2.05, 4.69) is 10.6 Å². The molecule has 98 valence electrons. The first kappa shape index (κ1) is 13.0. The van der Waals surface area contributed by atoms with Crippen LogP contribution in [0.25, 0.3) is 0 Å². The Balaban J connectivity index is 2.24. The summed E-state index contributed by atoms with van der Waals surface area (Å²) in [6, 6.07) is 2.27. The predicted octanol–water partition coefficient (Wildman–Crippen LogP) is 2.55. The fourth-order valence-electron chi connectivity index (χ4n) is 1.99. The fourth-order valence-corrected chi connectivity index (χ4v) is 2.15.